The van der Waals surface area contributed by atoms with Crippen LogP contribution >= 0.6 is 11.8 Å². The van der Waals surface area contributed by atoms with Crippen LogP contribution in [0.5, 0.6) is 0 Å². The molecule has 3 aromatic rings. The molecule has 3 N–H and O–H groups in total. The molecule has 3 rings (SSSR count). The SMILES string of the molecule is CCN(CC)S(=O)(=O)c1ccc(SC(C)C(=O)Nc2ccc3[nH]c(=O)[nH]c3c2)nc1. The van der Waals surface area contributed by atoms with E-state index >= 15 is 0 Å². The first-order valence-corrected chi connectivity index (χ1v) is 11.7. The Kier molecular flexibility index (Phi) is 6.64. The van der Waals surface area contributed by atoms with Gasteiger partial charge in [-0.15, -0.1) is 0 Å². The first-order chi connectivity index (χ1) is 14.2. The summed E-state index contributed by atoms with van der Waals surface area (Å²) in [6.45, 7) is 6.07. The number of H-pyrrole nitrogens is 2. The second kappa shape index (κ2) is 9.02. The largest absolute Gasteiger partial charge is 0.325 e. The fourth-order valence-electron chi connectivity index (χ4n) is 2.89. The van der Waals surface area contributed by atoms with Crippen LogP contribution in [-0.4, -0.2) is 51.9 Å². The highest BCUT2D eigenvalue weighted by Crippen LogP contribution is 2.24. The van der Waals surface area contributed by atoms with E-state index in [0.29, 0.717) is 34.8 Å². The van der Waals surface area contributed by atoms with E-state index in [0.717, 1.165) is 0 Å². The molecule has 1 aromatic carbocycles. The van der Waals surface area contributed by atoms with E-state index in [2.05, 4.69) is 20.3 Å². The monoisotopic (exact) mass is 449 g/mol. The van der Waals surface area contributed by atoms with Gasteiger partial charge >= 0.3 is 5.69 Å². The number of fused-ring (bicyclic) bond motifs is 1. The number of hydrogen-bond acceptors (Lipinski definition) is 6. The van der Waals surface area contributed by atoms with Crippen molar-refractivity contribution < 1.29 is 13.2 Å². The number of thioether (sulfide) groups is 1. The molecule has 9 nitrogen and oxygen atoms in total. The minimum atomic E-state index is -3.57. The van der Waals surface area contributed by atoms with Crippen LogP contribution in [0.4, 0.5) is 5.69 Å². The number of rotatable bonds is 8. The van der Waals surface area contributed by atoms with Gasteiger partial charge in [0.2, 0.25) is 15.9 Å². The number of benzene rings is 1. The number of amides is 1. The number of nitrogens with one attached hydrogen (secondary N) is 3. The van der Waals surface area contributed by atoms with Crippen molar-refractivity contribution in [2.24, 2.45) is 0 Å². The molecule has 1 amide bonds. The first kappa shape index (κ1) is 22.1. The van der Waals surface area contributed by atoms with Crippen LogP contribution in [0.1, 0.15) is 20.8 Å². The predicted molar refractivity (Wildman–Crippen MR) is 117 cm³/mol. The van der Waals surface area contributed by atoms with Gasteiger partial charge in [-0.1, -0.05) is 25.6 Å². The average Bonchev–Trinajstić information content (AvgIpc) is 3.08. The number of carbonyl (C=O) groups excluding carboxylic acids is 1. The zero-order valence-electron chi connectivity index (χ0n) is 16.8. The van der Waals surface area contributed by atoms with Crippen LogP contribution < -0.4 is 11.0 Å². The Labute approximate surface area is 178 Å². The molecule has 0 aliphatic carbocycles. The molecule has 160 valence electrons. The summed E-state index contributed by atoms with van der Waals surface area (Å²) in [5, 5.41) is 2.88. The fraction of sp³-hybridized carbons (Fsp3) is 0.316. The summed E-state index contributed by atoms with van der Waals surface area (Å²) in [5.41, 5.74) is 1.51. The number of sulfonamides is 1. The van der Waals surface area contributed by atoms with E-state index in [-0.39, 0.29) is 16.5 Å². The minimum Gasteiger partial charge on any atom is -0.325 e. The van der Waals surface area contributed by atoms with Crippen molar-refractivity contribution >= 4 is 44.4 Å². The number of nitrogens with zero attached hydrogens (tertiary/aromatic N) is 2. The molecule has 2 aromatic heterocycles. The summed E-state index contributed by atoms with van der Waals surface area (Å²) in [5.74, 6) is -0.237. The maximum atomic E-state index is 12.5. The third kappa shape index (κ3) is 4.74. The summed E-state index contributed by atoms with van der Waals surface area (Å²) in [7, 11) is -3.57. The van der Waals surface area contributed by atoms with Crippen molar-refractivity contribution in [2.45, 2.75) is 35.9 Å². The Morgan fingerprint density at radius 2 is 1.87 bits per heavy atom. The Balaban J connectivity index is 1.66. The molecule has 11 heteroatoms. The lowest BCUT2D eigenvalue weighted by molar-refractivity contribution is -0.115. The number of carbonyl (C=O) groups is 1. The minimum absolute atomic E-state index is 0.126. The standard InChI is InChI=1S/C19H23N5O4S2/c1-4-24(5-2)30(27,28)14-7-9-17(20-11-14)29-12(3)18(25)21-13-6-8-15-16(10-13)23-19(26)22-15/h6-12H,4-5H2,1-3H3,(H,21,25)(H2,22,23,26). The maximum Gasteiger partial charge on any atom is 0.323 e. The van der Waals surface area contributed by atoms with Crippen LogP contribution in [-0.2, 0) is 14.8 Å². The second-order valence-corrected chi connectivity index (χ2v) is 9.81. The Hall–Kier alpha value is -2.63. The van der Waals surface area contributed by atoms with Crippen molar-refractivity contribution in [2.75, 3.05) is 18.4 Å². The van der Waals surface area contributed by atoms with E-state index in [1.165, 1.54) is 28.3 Å². The summed E-state index contributed by atoms with van der Waals surface area (Å²) in [6, 6.07) is 8.18. The molecule has 0 aliphatic heterocycles. The van der Waals surface area contributed by atoms with E-state index < -0.39 is 15.3 Å². The zero-order chi connectivity index (χ0) is 21.9. The lowest BCUT2D eigenvalue weighted by Gasteiger charge is -2.18. The quantitative estimate of drug-likeness (QED) is 0.453. The highest BCUT2D eigenvalue weighted by atomic mass is 32.2. The van der Waals surface area contributed by atoms with Crippen molar-refractivity contribution in [3.63, 3.8) is 0 Å². The highest BCUT2D eigenvalue weighted by Gasteiger charge is 2.22. The van der Waals surface area contributed by atoms with Crippen LogP contribution in [0, 0.1) is 0 Å². The predicted octanol–water partition coefficient (Wildman–Crippen LogP) is 2.40. The molecular formula is C19H23N5O4S2. The molecule has 1 atom stereocenters. The summed E-state index contributed by atoms with van der Waals surface area (Å²) in [4.78, 5) is 33.5. The third-order valence-electron chi connectivity index (χ3n) is 4.50. The fourth-order valence-corrected chi connectivity index (χ4v) is 5.08. The molecule has 0 bridgehead atoms. The van der Waals surface area contributed by atoms with E-state index in [1.54, 1.807) is 45.0 Å². The summed E-state index contributed by atoms with van der Waals surface area (Å²) >= 11 is 1.22. The molecule has 30 heavy (non-hydrogen) atoms. The van der Waals surface area contributed by atoms with Gasteiger partial charge in [-0.05, 0) is 37.3 Å². The molecule has 0 saturated carbocycles. The van der Waals surface area contributed by atoms with Gasteiger partial charge in [0.25, 0.3) is 0 Å². The average molecular weight is 450 g/mol. The van der Waals surface area contributed by atoms with Crippen molar-refractivity contribution in [1.82, 2.24) is 19.3 Å². The second-order valence-electron chi connectivity index (χ2n) is 6.51. The van der Waals surface area contributed by atoms with Crippen molar-refractivity contribution in [3.05, 3.63) is 47.0 Å². The molecule has 0 saturated heterocycles. The smallest absolute Gasteiger partial charge is 0.323 e. The number of imidazole rings is 1. The van der Waals surface area contributed by atoms with E-state index in [9.17, 15) is 18.0 Å². The van der Waals surface area contributed by atoms with Crippen molar-refractivity contribution in [1.29, 1.82) is 0 Å². The van der Waals surface area contributed by atoms with Crippen LogP contribution in [0.25, 0.3) is 11.0 Å². The molecule has 0 fully saturated rings. The zero-order valence-corrected chi connectivity index (χ0v) is 18.4. The van der Waals surface area contributed by atoms with Gasteiger partial charge in [-0.25, -0.2) is 18.2 Å². The Morgan fingerprint density at radius 3 is 2.50 bits per heavy atom. The number of aromatic nitrogens is 3. The normalized spacial score (nSPS) is 12.9. The third-order valence-corrected chi connectivity index (χ3v) is 7.59. The highest BCUT2D eigenvalue weighted by molar-refractivity contribution is 8.00. The van der Waals surface area contributed by atoms with Crippen LogP contribution in [0.2, 0.25) is 0 Å². The van der Waals surface area contributed by atoms with Crippen molar-refractivity contribution in [3.8, 4) is 0 Å². The van der Waals surface area contributed by atoms with Gasteiger partial charge < -0.3 is 15.3 Å². The number of aromatic amines is 2. The molecule has 0 radical (unpaired) electrons. The molecule has 0 spiro atoms. The number of pyridine rings is 1. The molecule has 1 unspecified atom stereocenters. The van der Waals surface area contributed by atoms with Gasteiger partial charge in [0.05, 0.1) is 21.3 Å². The number of anilines is 1. The van der Waals surface area contributed by atoms with Crippen LogP contribution in [0.3, 0.4) is 0 Å². The van der Waals surface area contributed by atoms with Gasteiger partial charge in [0, 0.05) is 25.0 Å². The Bertz CT molecular complexity index is 1200. The Morgan fingerprint density at radius 1 is 1.17 bits per heavy atom. The van der Waals surface area contributed by atoms with Gasteiger partial charge in [0.1, 0.15) is 4.90 Å². The summed E-state index contributed by atoms with van der Waals surface area (Å²) < 4.78 is 26.4. The first-order valence-electron chi connectivity index (χ1n) is 9.40. The summed E-state index contributed by atoms with van der Waals surface area (Å²) in [6.07, 6.45) is 1.32. The van der Waals surface area contributed by atoms with Gasteiger partial charge in [-0.2, -0.15) is 4.31 Å². The topological polar surface area (TPSA) is 128 Å². The molecule has 2 heterocycles. The lowest BCUT2D eigenvalue weighted by Crippen LogP contribution is -2.30. The maximum absolute atomic E-state index is 12.5. The van der Waals surface area contributed by atoms with Gasteiger partial charge in [-0.3, -0.25) is 4.79 Å². The molecule has 0 aliphatic rings. The van der Waals surface area contributed by atoms with E-state index in [1.807, 2.05) is 0 Å². The van der Waals surface area contributed by atoms with Gasteiger partial charge in [0.15, 0.2) is 0 Å². The molecular weight excluding hydrogens is 426 g/mol. The van der Waals surface area contributed by atoms with E-state index in [4.69, 9.17) is 0 Å². The lowest BCUT2D eigenvalue weighted by atomic mass is 10.2. The number of hydrogen-bond donors (Lipinski definition) is 3. The van der Waals surface area contributed by atoms with Crippen LogP contribution in [0.15, 0.2) is 51.2 Å².